The summed E-state index contributed by atoms with van der Waals surface area (Å²) in [5, 5.41) is 7.49. The monoisotopic (exact) mass is 238 g/mol. The Bertz CT molecular complexity index is 454. The first-order valence-electron chi connectivity index (χ1n) is 5.39. The number of alkyl halides is 1. The third-order valence-electron chi connectivity index (χ3n) is 2.54. The number of halogens is 1. The van der Waals surface area contributed by atoms with E-state index in [-0.39, 0.29) is 0 Å². The van der Waals surface area contributed by atoms with Crippen molar-refractivity contribution in [3.63, 3.8) is 0 Å². The van der Waals surface area contributed by atoms with Crippen LogP contribution in [0.25, 0.3) is 5.52 Å². The lowest BCUT2D eigenvalue weighted by atomic mass is 10.1. The Kier molecular flexibility index (Phi) is 3.62. The molecule has 2 rings (SSSR count). The van der Waals surface area contributed by atoms with Gasteiger partial charge in [0, 0.05) is 24.8 Å². The molecule has 0 fully saturated rings. The fourth-order valence-electron chi connectivity index (χ4n) is 1.55. The smallest absolute Gasteiger partial charge is 0.152 e. The number of rotatable bonds is 5. The molecule has 0 radical (unpaired) electrons. The van der Waals surface area contributed by atoms with Crippen LogP contribution in [-0.4, -0.2) is 27.0 Å². The molecule has 1 atom stereocenters. The summed E-state index contributed by atoms with van der Waals surface area (Å²) in [5.74, 6) is 2.12. The van der Waals surface area contributed by atoms with E-state index in [2.05, 4.69) is 22.3 Å². The number of nitrogens with one attached hydrogen (secondary N) is 1. The van der Waals surface area contributed by atoms with E-state index in [0.717, 1.165) is 24.3 Å². The van der Waals surface area contributed by atoms with Gasteiger partial charge in [-0.05, 0) is 18.4 Å². The van der Waals surface area contributed by atoms with Crippen molar-refractivity contribution >= 4 is 22.9 Å². The Morgan fingerprint density at radius 2 is 2.38 bits per heavy atom. The summed E-state index contributed by atoms with van der Waals surface area (Å²) in [6.45, 7) is 3.05. The fraction of sp³-hybridized carbons (Fsp3) is 0.455. The highest BCUT2D eigenvalue weighted by Crippen LogP contribution is 2.13. The van der Waals surface area contributed by atoms with Gasteiger partial charge >= 0.3 is 0 Å². The lowest BCUT2D eigenvalue weighted by Gasteiger charge is -2.11. The van der Waals surface area contributed by atoms with Crippen molar-refractivity contribution in [2.45, 2.75) is 13.3 Å². The van der Waals surface area contributed by atoms with Crippen LogP contribution in [0.2, 0.25) is 0 Å². The maximum absolute atomic E-state index is 5.70. The predicted molar refractivity (Wildman–Crippen MR) is 66.0 cm³/mol. The van der Waals surface area contributed by atoms with Crippen LogP contribution in [0.4, 0.5) is 5.82 Å². The first kappa shape index (κ1) is 11.2. The molecule has 0 bridgehead atoms. The molecule has 0 saturated heterocycles. The van der Waals surface area contributed by atoms with Gasteiger partial charge in [-0.15, -0.1) is 11.6 Å². The Morgan fingerprint density at radius 3 is 3.19 bits per heavy atom. The normalized spacial score (nSPS) is 12.9. The van der Waals surface area contributed by atoms with Crippen molar-refractivity contribution in [1.82, 2.24) is 14.6 Å². The summed E-state index contributed by atoms with van der Waals surface area (Å²) in [7, 11) is 0. The topological polar surface area (TPSA) is 42.2 Å². The fourth-order valence-corrected chi connectivity index (χ4v) is 1.93. The molecular formula is C11H15ClN4. The molecule has 1 unspecified atom stereocenters. The van der Waals surface area contributed by atoms with E-state index < -0.39 is 0 Å². The number of fused-ring (bicyclic) bond motifs is 1. The molecule has 0 amide bonds. The van der Waals surface area contributed by atoms with Gasteiger partial charge in [-0.1, -0.05) is 6.92 Å². The van der Waals surface area contributed by atoms with E-state index >= 15 is 0 Å². The van der Waals surface area contributed by atoms with Gasteiger partial charge in [-0.2, -0.15) is 5.10 Å². The van der Waals surface area contributed by atoms with E-state index in [1.54, 1.807) is 12.4 Å². The highest BCUT2D eigenvalue weighted by Gasteiger charge is 2.05. The first-order chi connectivity index (χ1) is 7.81. The molecule has 2 heterocycles. The van der Waals surface area contributed by atoms with Crippen LogP contribution in [0.1, 0.15) is 13.3 Å². The summed E-state index contributed by atoms with van der Waals surface area (Å²) in [5.41, 5.74) is 1.00. The molecular weight excluding hydrogens is 224 g/mol. The molecule has 0 aliphatic rings. The van der Waals surface area contributed by atoms with Gasteiger partial charge in [0.2, 0.25) is 0 Å². The number of aromatic nitrogens is 3. The Labute approximate surface area is 99.6 Å². The molecule has 86 valence electrons. The predicted octanol–water partition coefficient (Wildman–Crippen LogP) is 2.41. The minimum absolute atomic E-state index is 0.544. The van der Waals surface area contributed by atoms with Crippen molar-refractivity contribution in [3.05, 3.63) is 24.7 Å². The van der Waals surface area contributed by atoms with Gasteiger partial charge in [-0.25, -0.2) is 9.50 Å². The molecule has 16 heavy (non-hydrogen) atoms. The summed E-state index contributed by atoms with van der Waals surface area (Å²) in [6, 6.07) is 1.95. The van der Waals surface area contributed by atoms with Crippen LogP contribution in [0, 0.1) is 5.92 Å². The van der Waals surface area contributed by atoms with Gasteiger partial charge in [0.15, 0.2) is 5.82 Å². The number of anilines is 1. The largest absolute Gasteiger partial charge is 0.368 e. The molecule has 2 aromatic heterocycles. The SMILES string of the molecule is CC(CCCl)CNc1nccn2nccc12. The second kappa shape index (κ2) is 5.16. The summed E-state index contributed by atoms with van der Waals surface area (Å²) in [6.07, 6.45) is 6.36. The van der Waals surface area contributed by atoms with Crippen molar-refractivity contribution in [1.29, 1.82) is 0 Å². The van der Waals surface area contributed by atoms with E-state index in [9.17, 15) is 0 Å². The zero-order chi connectivity index (χ0) is 11.4. The quantitative estimate of drug-likeness (QED) is 0.814. The summed E-state index contributed by atoms with van der Waals surface area (Å²) >= 11 is 5.70. The van der Waals surface area contributed by atoms with Crippen LogP contribution in [0.3, 0.4) is 0 Å². The highest BCUT2D eigenvalue weighted by molar-refractivity contribution is 6.17. The van der Waals surface area contributed by atoms with Crippen LogP contribution in [-0.2, 0) is 0 Å². The Morgan fingerprint density at radius 1 is 1.50 bits per heavy atom. The third kappa shape index (κ3) is 2.44. The Balaban J connectivity index is 2.06. The second-order valence-electron chi connectivity index (χ2n) is 3.90. The summed E-state index contributed by atoms with van der Waals surface area (Å²) < 4.78 is 1.81. The second-order valence-corrected chi connectivity index (χ2v) is 4.28. The van der Waals surface area contributed by atoms with Crippen molar-refractivity contribution in [2.24, 2.45) is 5.92 Å². The molecule has 2 aromatic rings. The first-order valence-corrected chi connectivity index (χ1v) is 5.93. The minimum atomic E-state index is 0.544. The number of hydrogen-bond acceptors (Lipinski definition) is 3. The van der Waals surface area contributed by atoms with E-state index in [4.69, 9.17) is 11.6 Å². The third-order valence-corrected chi connectivity index (χ3v) is 2.76. The molecule has 0 aromatic carbocycles. The van der Waals surface area contributed by atoms with Gasteiger partial charge in [-0.3, -0.25) is 0 Å². The summed E-state index contributed by atoms with van der Waals surface area (Å²) in [4.78, 5) is 4.31. The van der Waals surface area contributed by atoms with Crippen LogP contribution < -0.4 is 5.32 Å². The highest BCUT2D eigenvalue weighted by atomic mass is 35.5. The molecule has 1 N–H and O–H groups in total. The van der Waals surface area contributed by atoms with E-state index in [1.165, 1.54) is 0 Å². The molecule has 0 saturated carbocycles. The van der Waals surface area contributed by atoms with Crippen molar-refractivity contribution in [2.75, 3.05) is 17.7 Å². The van der Waals surface area contributed by atoms with Crippen molar-refractivity contribution in [3.8, 4) is 0 Å². The van der Waals surface area contributed by atoms with Gasteiger partial charge in [0.1, 0.15) is 5.52 Å². The molecule has 0 aliphatic heterocycles. The van der Waals surface area contributed by atoms with Crippen LogP contribution in [0.15, 0.2) is 24.7 Å². The zero-order valence-electron chi connectivity index (χ0n) is 9.23. The van der Waals surface area contributed by atoms with Crippen LogP contribution >= 0.6 is 11.6 Å². The molecule has 0 aliphatic carbocycles. The van der Waals surface area contributed by atoms with E-state index in [0.29, 0.717) is 11.8 Å². The maximum Gasteiger partial charge on any atom is 0.152 e. The molecule has 4 nitrogen and oxygen atoms in total. The van der Waals surface area contributed by atoms with Crippen molar-refractivity contribution < 1.29 is 0 Å². The average Bonchev–Trinajstić information content (AvgIpc) is 2.75. The lowest BCUT2D eigenvalue weighted by molar-refractivity contribution is 0.596. The number of hydrogen-bond donors (Lipinski definition) is 1. The molecule has 0 spiro atoms. The molecule has 5 heteroatoms. The van der Waals surface area contributed by atoms with Crippen LogP contribution in [0.5, 0.6) is 0 Å². The standard InChI is InChI=1S/C11H15ClN4/c1-9(2-4-12)8-14-11-10-3-5-15-16(10)7-6-13-11/h3,5-7,9H,2,4,8H2,1H3,(H,13,14). The zero-order valence-corrected chi connectivity index (χ0v) is 9.98. The number of nitrogens with zero attached hydrogens (tertiary/aromatic N) is 3. The lowest BCUT2D eigenvalue weighted by Crippen LogP contribution is -2.13. The van der Waals surface area contributed by atoms with Gasteiger partial charge in [0.05, 0.1) is 6.20 Å². The Hall–Kier alpha value is -1.29. The van der Waals surface area contributed by atoms with Gasteiger partial charge in [0.25, 0.3) is 0 Å². The minimum Gasteiger partial charge on any atom is -0.368 e. The average molecular weight is 239 g/mol. The van der Waals surface area contributed by atoms with Gasteiger partial charge < -0.3 is 5.32 Å². The van der Waals surface area contributed by atoms with E-state index in [1.807, 2.05) is 16.8 Å². The maximum atomic E-state index is 5.70.